The van der Waals surface area contributed by atoms with Gasteiger partial charge in [0.25, 0.3) is 5.91 Å². The van der Waals surface area contributed by atoms with E-state index in [1.807, 2.05) is 18.2 Å². The van der Waals surface area contributed by atoms with Gasteiger partial charge in [-0.15, -0.1) is 12.4 Å². The van der Waals surface area contributed by atoms with Crippen LogP contribution in [-0.4, -0.2) is 49.5 Å². The zero-order valence-corrected chi connectivity index (χ0v) is 16.3. The molecule has 2 aromatic rings. The number of benzene rings is 1. The molecule has 1 saturated heterocycles. The first-order valence-corrected chi connectivity index (χ1v) is 8.78. The SMILES string of the molecule is COCC1(CNC(=O)c2cn[nH]c2-c2cccc(Cl)c2)CCNCC1.Cl. The number of ether oxygens (including phenoxy) is 1. The van der Waals surface area contributed by atoms with Crippen LogP contribution in [0.3, 0.4) is 0 Å². The Balaban J connectivity index is 0.00000243. The average molecular weight is 399 g/mol. The minimum Gasteiger partial charge on any atom is -0.384 e. The molecule has 3 rings (SSSR count). The number of aromatic nitrogens is 2. The summed E-state index contributed by atoms with van der Waals surface area (Å²) >= 11 is 6.05. The predicted octanol–water partition coefficient (Wildman–Crippen LogP) is 2.90. The maximum absolute atomic E-state index is 12.7. The highest BCUT2D eigenvalue weighted by molar-refractivity contribution is 6.30. The highest BCUT2D eigenvalue weighted by Crippen LogP contribution is 2.29. The van der Waals surface area contributed by atoms with Gasteiger partial charge in [0.1, 0.15) is 0 Å². The molecule has 0 saturated carbocycles. The summed E-state index contributed by atoms with van der Waals surface area (Å²) in [6, 6.07) is 7.36. The minimum absolute atomic E-state index is 0. The molecule has 0 radical (unpaired) electrons. The molecule has 1 aliphatic heterocycles. The quantitative estimate of drug-likeness (QED) is 0.698. The normalized spacial score (nSPS) is 15.9. The molecule has 1 fully saturated rings. The van der Waals surface area contributed by atoms with Crippen molar-refractivity contribution in [2.75, 3.05) is 33.4 Å². The molecule has 6 nitrogen and oxygen atoms in total. The number of rotatable bonds is 6. The number of nitrogens with zero attached hydrogens (tertiary/aromatic N) is 1. The van der Waals surface area contributed by atoms with Gasteiger partial charge in [-0.1, -0.05) is 23.7 Å². The fourth-order valence-corrected chi connectivity index (χ4v) is 3.51. The molecule has 1 amide bonds. The molecule has 142 valence electrons. The van der Waals surface area contributed by atoms with Crippen LogP contribution >= 0.6 is 24.0 Å². The first kappa shape index (κ1) is 20.7. The third-order valence-corrected chi connectivity index (χ3v) is 4.97. The summed E-state index contributed by atoms with van der Waals surface area (Å²) < 4.78 is 5.40. The van der Waals surface area contributed by atoms with Crippen LogP contribution < -0.4 is 10.6 Å². The lowest BCUT2D eigenvalue weighted by Gasteiger charge is -2.37. The van der Waals surface area contributed by atoms with E-state index < -0.39 is 0 Å². The number of aromatic amines is 1. The van der Waals surface area contributed by atoms with Gasteiger partial charge >= 0.3 is 0 Å². The van der Waals surface area contributed by atoms with Crippen LogP contribution in [0.5, 0.6) is 0 Å². The van der Waals surface area contributed by atoms with Gasteiger partial charge < -0.3 is 15.4 Å². The Morgan fingerprint density at radius 2 is 2.15 bits per heavy atom. The number of carbonyl (C=O) groups is 1. The van der Waals surface area contributed by atoms with Crippen molar-refractivity contribution in [1.82, 2.24) is 20.8 Å². The molecule has 0 aliphatic carbocycles. The molecular weight excluding hydrogens is 375 g/mol. The molecule has 1 aromatic carbocycles. The van der Waals surface area contributed by atoms with Gasteiger partial charge in [0, 0.05) is 29.7 Å². The zero-order chi connectivity index (χ0) is 17.7. The van der Waals surface area contributed by atoms with E-state index >= 15 is 0 Å². The second-order valence-corrected chi connectivity index (χ2v) is 6.97. The number of nitrogens with one attached hydrogen (secondary N) is 3. The van der Waals surface area contributed by atoms with Crippen LogP contribution in [0.2, 0.25) is 5.02 Å². The highest BCUT2D eigenvalue weighted by Gasteiger charge is 2.32. The Labute approximate surface area is 164 Å². The molecule has 3 N–H and O–H groups in total. The molecule has 8 heteroatoms. The van der Waals surface area contributed by atoms with Gasteiger partial charge in [-0.2, -0.15) is 5.10 Å². The summed E-state index contributed by atoms with van der Waals surface area (Å²) in [5.74, 6) is -0.141. The second kappa shape index (κ2) is 9.37. The first-order chi connectivity index (χ1) is 12.1. The summed E-state index contributed by atoms with van der Waals surface area (Å²) in [6.07, 6.45) is 3.51. The number of methoxy groups -OCH3 is 1. The van der Waals surface area contributed by atoms with Crippen LogP contribution in [0.1, 0.15) is 23.2 Å². The van der Waals surface area contributed by atoms with Crippen molar-refractivity contribution >= 4 is 29.9 Å². The van der Waals surface area contributed by atoms with Crippen molar-refractivity contribution in [2.24, 2.45) is 5.41 Å². The molecule has 1 aromatic heterocycles. The fraction of sp³-hybridized carbons (Fsp3) is 0.444. The lowest BCUT2D eigenvalue weighted by molar-refractivity contribution is 0.0512. The van der Waals surface area contributed by atoms with Crippen LogP contribution in [0.15, 0.2) is 30.5 Å². The van der Waals surface area contributed by atoms with E-state index in [9.17, 15) is 4.79 Å². The standard InChI is InChI=1S/C18H23ClN4O2.ClH/c1-25-12-18(5-7-20-8-6-18)11-21-17(24)15-10-22-23-16(15)13-3-2-4-14(19)9-13;/h2-4,9-10,20H,5-8,11-12H2,1H3,(H,21,24)(H,22,23);1H. The van der Waals surface area contributed by atoms with Crippen molar-refractivity contribution in [2.45, 2.75) is 12.8 Å². The monoisotopic (exact) mass is 398 g/mol. The van der Waals surface area contributed by atoms with E-state index in [2.05, 4.69) is 20.8 Å². The number of hydrogen-bond donors (Lipinski definition) is 3. The van der Waals surface area contributed by atoms with Crippen LogP contribution in [-0.2, 0) is 4.74 Å². The van der Waals surface area contributed by atoms with Crippen molar-refractivity contribution in [3.05, 3.63) is 41.0 Å². The maximum atomic E-state index is 12.7. The lowest BCUT2D eigenvalue weighted by Crippen LogP contribution is -2.47. The van der Waals surface area contributed by atoms with Gasteiger partial charge in [-0.05, 0) is 38.1 Å². The number of H-pyrrole nitrogens is 1. The Kier molecular flexibility index (Phi) is 7.46. The third-order valence-electron chi connectivity index (χ3n) is 4.74. The van der Waals surface area contributed by atoms with Crippen molar-refractivity contribution < 1.29 is 9.53 Å². The number of amides is 1. The summed E-state index contributed by atoms with van der Waals surface area (Å²) in [6.45, 7) is 3.11. The molecule has 0 unspecified atom stereocenters. The molecular formula is C18H24Cl2N4O2. The summed E-state index contributed by atoms with van der Waals surface area (Å²) in [5, 5.41) is 14.0. The highest BCUT2D eigenvalue weighted by atomic mass is 35.5. The molecule has 0 atom stereocenters. The number of hydrogen-bond acceptors (Lipinski definition) is 4. The number of piperidine rings is 1. The molecule has 1 aliphatic rings. The molecule has 26 heavy (non-hydrogen) atoms. The van der Waals surface area contributed by atoms with Crippen molar-refractivity contribution in [1.29, 1.82) is 0 Å². The minimum atomic E-state index is -0.141. The van der Waals surface area contributed by atoms with Gasteiger partial charge in [-0.3, -0.25) is 9.89 Å². The van der Waals surface area contributed by atoms with E-state index in [1.165, 1.54) is 0 Å². The Bertz CT molecular complexity index is 724. The number of carbonyl (C=O) groups excluding carboxylic acids is 1. The Morgan fingerprint density at radius 3 is 2.85 bits per heavy atom. The zero-order valence-electron chi connectivity index (χ0n) is 14.7. The average Bonchev–Trinajstić information content (AvgIpc) is 3.11. The summed E-state index contributed by atoms with van der Waals surface area (Å²) in [5.41, 5.74) is 2.01. The van der Waals surface area contributed by atoms with Crippen LogP contribution in [0, 0.1) is 5.41 Å². The number of halogens is 2. The van der Waals surface area contributed by atoms with Gasteiger partial charge in [0.2, 0.25) is 0 Å². The third kappa shape index (κ3) is 4.76. The maximum Gasteiger partial charge on any atom is 0.255 e. The Hall–Kier alpha value is -1.60. The van der Waals surface area contributed by atoms with Crippen LogP contribution in [0.4, 0.5) is 0 Å². The van der Waals surface area contributed by atoms with E-state index in [0.29, 0.717) is 29.4 Å². The molecule has 2 heterocycles. The molecule has 0 spiro atoms. The second-order valence-electron chi connectivity index (χ2n) is 6.53. The topological polar surface area (TPSA) is 79.0 Å². The van der Waals surface area contributed by atoms with E-state index in [1.54, 1.807) is 19.4 Å². The fourth-order valence-electron chi connectivity index (χ4n) is 3.32. The first-order valence-electron chi connectivity index (χ1n) is 8.41. The van der Waals surface area contributed by atoms with Gasteiger partial charge in [-0.25, -0.2) is 0 Å². The van der Waals surface area contributed by atoms with Gasteiger partial charge in [0.15, 0.2) is 0 Å². The van der Waals surface area contributed by atoms with Crippen LogP contribution in [0.25, 0.3) is 11.3 Å². The van der Waals surface area contributed by atoms with E-state index in [-0.39, 0.29) is 23.7 Å². The van der Waals surface area contributed by atoms with E-state index in [0.717, 1.165) is 31.5 Å². The van der Waals surface area contributed by atoms with E-state index in [4.69, 9.17) is 16.3 Å². The smallest absolute Gasteiger partial charge is 0.255 e. The summed E-state index contributed by atoms with van der Waals surface area (Å²) in [4.78, 5) is 12.7. The van der Waals surface area contributed by atoms with Crippen molar-refractivity contribution in [3.63, 3.8) is 0 Å². The van der Waals surface area contributed by atoms with Gasteiger partial charge in [0.05, 0.1) is 24.1 Å². The molecule has 0 bridgehead atoms. The summed E-state index contributed by atoms with van der Waals surface area (Å²) in [7, 11) is 1.71. The largest absolute Gasteiger partial charge is 0.384 e. The Morgan fingerprint density at radius 1 is 1.38 bits per heavy atom. The predicted molar refractivity (Wildman–Crippen MR) is 105 cm³/mol. The van der Waals surface area contributed by atoms with Crippen molar-refractivity contribution in [3.8, 4) is 11.3 Å². The lowest BCUT2D eigenvalue weighted by atomic mass is 9.79.